The van der Waals surface area contributed by atoms with Gasteiger partial charge >= 0.3 is 0 Å². The van der Waals surface area contributed by atoms with Crippen LogP contribution in [0.5, 0.6) is 0 Å². The quantitative estimate of drug-likeness (QED) is 0.848. The highest BCUT2D eigenvalue weighted by Crippen LogP contribution is 2.34. The number of pyridine rings is 1. The predicted octanol–water partition coefficient (Wildman–Crippen LogP) is 2.56. The molecule has 0 spiro atoms. The van der Waals surface area contributed by atoms with Crippen molar-refractivity contribution >= 4 is 16.7 Å². The fraction of sp³-hybridized carbons (Fsp3) is 0.357. The van der Waals surface area contributed by atoms with E-state index in [0.717, 1.165) is 29.6 Å². The van der Waals surface area contributed by atoms with E-state index in [1.54, 1.807) is 0 Å². The third kappa shape index (κ3) is 1.87. The van der Waals surface area contributed by atoms with Gasteiger partial charge in [0.1, 0.15) is 5.82 Å². The topological polar surface area (TPSA) is 45.1 Å². The van der Waals surface area contributed by atoms with Crippen LogP contribution in [0, 0.1) is 0 Å². The minimum absolute atomic E-state index is 0.130. The molecule has 2 aromatic rings. The number of benzene rings is 1. The molecular formula is C14H16N2O. The maximum atomic E-state index is 9.42. The van der Waals surface area contributed by atoms with Gasteiger partial charge in [0, 0.05) is 5.39 Å². The number of para-hydroxylation sites is 1. The van der Waals surface area contributed by atoms with Crippen LogP contribution in [-0.2, 0) is 0 Å². The second kappa shape index (κ2) is 4.00. The van der Waals surface area contributed by atoms with E-state index in [1.165, 1.54) is 6.42 Å². The molecule has 1 fully saturated rings. The fourth-order valence-corrected chi connectivity index (χ4v) is 2.33. The Morgan fingerprint density at radius 2 is 2.00 bits per heavy atom. The minimum atomic E-state index is -0.130. The molecule has 1 heterocycles. The van der Waals surface area contributed by atoms with Gasteiger partial charge in [0.25, 0.3) is 0 Å². The van der Waals surface area contributed by atoms with Gasteiger partial charge in [-0.25, -0.2) is 4.98 Å². The number of fused-ring (bicyclic) bond motifs is 1. The van der Waals surface area contributed by atoms with E-state index in [9.17, 15) is 5.11 Å². The molecule has 0 aliphatic heterocycles. The van der Waals surface area contributed by atoms with E-state index >= 15 is 0 Å². The zero-order valence-corrected chi connectivity index (χ0v) is 9.69. The van der Waals surface area contributed by atoms with Crippen LogP contribution < -0.4 is 5.32 Å². The SMILES string of the molecule is OCC1(Nc2ccc3ccccc3n2)CCC1. The van der Waals surface area contributed by atoms with Crippen LogP contribution in [0.2, 0.25) is 0 Å². The third-order valence-corrected chi connectivity index (χ3v) is 3.60. The van der Waals surface area contributed by atoms with Crippen LogP contribution in [0.1, 0.15) is 19.3 Å². The summed E-state index contributed by atoms with van der Waals surface area (Å²) < 4.78 is 0. The van der Waals surface area contributed by atoms with Crippen molar-refractivity contribution in [2.75, 3.05) is 11.9 Å². The van der Waals surface area contributed by atoms with E-state index in [0.29, 0.717) is 0 Å². The van der Waals surface area contributed by atoms with Crippen molar-refractivity contribution in [2.24, 2.45) is 0 Å². The Hall–Kier alpha value is -1.61. The normalized spacial score (nSPS) is 17.7. The molecule has 1 saturated carbocycles. The molecule has 3 rings (SSSR count). The van der Waals surface area contributed by atoms with E-state index in [4.69, 9.17) is 0 Å². The number of anilines is 1. The first-order chi connectivity index (χ1) is 8.31. The molecule has 88 valence electrons. The van der Waals surface area contributed by atoms with Crippen molar-refractivity contribution in [3.8, 4) is 0 Å². The average Bonchev–Trinajstić information content (AvgIpc) is 2.34. The summed E-state index contributed by atoms with van der Waals surface area (Å²) in [6, 6.07) is 12.1. The zero-order chi connectivity index (χ0) is 11.7. The first kappa shape index (κ1) is 10.5. The lowest BCUT2D eigenvalue weighted by molar-refractivity contribution is 0.144. The molecule has 0 saturated heterocycles. The van der Waals surface area contributed by atoms with Gasteiger partial charge in [0.15, 0.2) is 0 Å². The molecule has 2 N–H and O–H groups in total. The smallest absolute Gasteiger partial charge is 0.127 e. The highest BCUT2D eigenvalue weighted by Gasteiger charge is 2.36. The first-order valence-electron chi connectivity index (χ1n) is 6.06. The molecular weight excluding hydrogens is 212 g/mol. The van der Waals surface area contributed by atoms with Crippen molar-refractivity contribution in [3.05, 3.63) is 36.4 Å². The highest BCUT2D eigenvalue weighted by molar-refractivity contribution is 5.80. The average molecular weight is 228 g/mol. The Balaban J connectivity index is 1.90. The van der Waals surface area contributed by atoms with Gasteiger partial charge in [-0.1, -0.05) is 18.2 Å². The van der Waals surface area contributed by atoms with E-state index in [2.05, 4.69) is 22.4 Å². The molecule has 0 unspecified atom stereocenters. The standard InChI is InChI=1S/C14H16N2O/c17-10-14(8-3-9-14)16-13-7-6-11-4-1-2-5-12(11)15-13/h1-2,4-7,17H,3,8-10H2,(H,15,16). The second-order valence-corrected chi connectivity index (χ2v) is 4.81. The minimum Gasteiger partial charge on any atom is -0.394 e. The van der Waals surface area contributed by atoms with Crippen molar-refractivity contribution in [2.45, 2.75) is 24.8 Å². The van der Waals surface area contributed by atoms with E-state index in [1.807, 2.05) is 24.3 Å². The highest BCUT2D eigenvalue weighted by atomic mass is 16.3. The Labute approximate surface area is 100 Å². The van der Waals surface area contributed by atoms with E-state index in [-0.39, 0.29) is 12.1 Å². The van der Waals surface area contributed by atoms with Crippen LogP contribution >= 0.6 is 0 Å². The molecule has 3 nitrogen and oxygen atoms in total. The molecule has 1 aliphatic rings. The van der Waals surface area contributed by atoms with Crippen molar-refractivity contribution in [3.63, 3.8) is 0 Å². The van der Waals surface area contributed by atoms with Crippen molar-refractivity contribution in [1.82, 2.24) is 4.98 Å². The van der Waals surface area contributed by atoms with Crippen LogP contribution in [0.15, 0.2) is 36.4 Å². The maximum absolute atomic E-state index is 9.42. The number of aromatic nitrogens is 1. The largest absolute Gasteiger partial charge is 0.394 e. The summed E-state index contributed by atoms with van der Waals surface area (Å²) in [5.74, 6) is 0.859. The number of hydrogen-bond acceptors (Lipinski definition) is 3. The summed E-state index contributed by atoms with van der Waals surface area (Å²) in [4.78, 5) is 4.57. The Morgan fingerprint density at radius 1 is 1.18 bits per heavy atom. The van der Waals surface area contributed by atoms with Gasteiger partial charge in [-0.15, -0.1) is 0 Å². The summed E-state index contributed by atoms with van der Waals surface area (Å²) in [6.45, 7) is 0.182. The van der Waals surface area contributed by atoms with Gasteiger partial charge < -0.3 is 10.4 Å². The van der Waals surface area contributed by atoms with E-state index < -0.39 is 0 Å². The number of aliphatic hydroxyl groups excluding tert-OH is 1. The molecule has 3 heteroatoms. The fourth-order valence-electron chi connectivity index (χ4n) is 2.33. The lowest BCUT2D eigenvalue weighted by Gasteiger charge is -2.41. The van der Waals surface area contributed by atoms with Crippen LogP contribution in [0.4, 0.5) is 5.82 Å². The van der Waals surface area contributed by atoms with Gasteiger partial charge in [0.05, 0.1) is 17.7 Å². The molecule has 17 heavy (non-hydrogen) atoms. The summed E-state index contributed by atoms with van der Waals surface area (Å²) in [5, 5.41) is 13.9. The lowest BCUT2D eigenvalue weighted by Crippen LogP contribution is -2.48. The van der Waals surface area contributed by atoms with Gasteiger partial charge in [-0.2, -0.15) is 0 Å². The van der Waals surface area contributed by atoms with Crippen molar-refractivity contribution in [1.29, 1.82) is 0 Å². The van der Waals surface area contributed by atoms with Crippen LogP contribution in [0.3, 0.4) is 0 Å². The number of hydrogen-bond donors (Lipinski definition) is 2. The Bertz CT molecular complexity index is 529. The molecule has 0 atom stereocenters. The van der Waals surface area contributed by atoms with Crippen molar-refractivity contribution < 1.29 is 5.11 Å². The second-order valence-electron chi connectivity index (χ2n) is 4.81. The Morgan fingerprint density at radius 3 is 2.71 bits per heavy atom. The predicted molar refractivity (Wildman–Crippen MR) is 69.0 cm³/mol. The molecule has 1 aliphatic carbocycles. The first-order valence-corrected chi connectivity index (χ1v) is 6.06. The number of nitrogens with zero attached hydrogens (tertiary/aromatic N) is 1. The molecule has 1 aromatic heterocycles. The molecule has 0 amide bonds. The summed E-state index contributed by atoms with van der Waals surface area (Å²) in [7, 11) is 0. The van der Waals surface area contributed by atoms with Gasteiger partial charge in [-0.05, 0) is 37.5 Å². The summed E-state index contributed by atoms with van der Waals surface area (Å²) in [6.07, 6.45) is 3.23. The summed E-state index contributed by atoms with van der Waals surface area (Å²) in [5.41, 5.74) is 0.861. The third-order valence-electron chi connectivity index (χ3n) is 3.60. The molecule has 0 bridgehead atoms. The van der Waals surface area contributed by atoms with Gasteiger partial charge in [-0.3, -0.25) is 0 Å². The number of nitrogens with one attached hydrogen (secondary N) is 1. The summed E-state index contributed by atoms with van der Waals surface area (Å²) >= 11 is 0. The molecule has 1 aromatic carbocycles. The Kier molecular flexibility index (Phi) is 2.48. The van der Waals surface area contributed by atoms with Crippen LogP contribution in [0.25, 0.3) is 10.9 Å². The number of rotatable bonds is 3. The van der Waals surface area contributed by atoms with Gasteiger partial charge in [0.2, 0.25) is 0 Å². The monoisotopic (exact) mass is 228 g/mol. The molecule has 0 radical (unpaired) electrons. The maximum Gasteiger partial charge on any atom is 0.127 e. The lowest BCUT2D eigenvalue weighted by atomic mass is 9.77. The van der Waals surface area contributed by atoms with Crippen LogP contribution in [-0.4, -0.2) is 22.2 Å². The number of aliphatic hydroxyl groups is 1. The zero-order valence-electron chi connectivity index (χ0n) is 9.69.